The van der Waals surface area contributed by atoms with Gasteiger partial charge in [-0.05, 0) is 25.7 Å². The van der Waals surface area contributed by atoms with Gasteiger partial charge < -0.3 is 4.74 Å². The minimum atomic E-state index is -0.0648. The number of unbranched alkanes of at least 4 members (excludes halogenated alkanes) is 2. The summed E-state index contributed by atoms with van der Waals surface area (Å²) in [7, 11) is 0. The highest BCUT2D eigenvalue weighted by atomic mass is 16.5. The first-order valence-corrected chi connectivity index (χ1v) is 5.61. The zero-order valence-corrected chi connectivity index (χ0v) is 9.42. The molecule has 0 radical (unpaired) electrons. The third-order valence-electron chi connectivity index (χ3n) is 1.85. The summed E-state index contributed by atoms with van der Waals surface area (Å²) >= 11 is 0. The molecule has 2 nitrogen and oxygen atoms in total. The lowest BCUT2D eigenvalue weighted by Gasteiger charge is -2.01. The van der Waals surface area contributed by atoms with Gasteiger partial charge in [0.05, 0.1) is 6.61 Å². The van der Waals surface area contributed by atoms with Crippen LogP contribution in [0.1, 0.15) is 52.4 Å². The molecule has 0 saturated carbocycles. The Labute approximate surface area is 87.3 Å². The highest BCUT2D eigenvalue weighted by Gasteiger charge is 1.98. The Kier molecular flexibility index (Phi) is 9.71. The van der Waals surface area contributed by atoms with Crippen LogP contribution in [0.15, 0.2) is 12.2 Å². The zero-order chi connectivity index (χ0) is 10.6. The molecule has 82 valence electrons. The van der Waals surface area contributed by atoms with E-state index in [-0.39, 0.29) is 5.97 Å². The molecule has 0 saturated heterocycles. The molecule has 0 bridgehead atoms. The van der Waals surface area contributed by atoms with Crippen molar-refractivity contribution < 1.29 is 9.53 Å². The van der Waals surface area contributed by atoms with Crippen molar-refractivity contribution in [1.82, 2.24) is 0 Å². The highest BCUT2D eigenvalue weighted by molar-refractivity contribution is 5.69. The average Bonchev–Trinajstić information content (AvgIpc) is 2.17. The lowest BCUT2D eigenvalue weighted by molar-refractivity contribution is -0.143. The van der Waals surface area contributed by atoms with Gasteiger partial charge in [-0.15, -0.1) is 0 Å². The minimum absolute atomic E-state index is 0.0648. The molecule has 0 aromatic rings. The van der Waals surface area contributed by atoms with Crippen LogP contribution < -0.4 is 0 Å². The topological polar surface area (TPSA) is 26.3 Å². The molecule has 0 aromatic carbocycles. The summed E-state index contributed by atoms with van der Waals surface area (Å²) in [5.41, 5.74) is 0. The van der Waals surface area contributed by atoms with Gasteiger partial charge in [-0.25, -0.2) is 0 Å². The second-order valence-electron chi connectivity index (χ2n) is 3.37. The molecule has 0 aromatic heterocycles. The van der Waals surface area contributed by atoms with Crippen LogP contribution in [0.3, 0.4) is 0 Å². The monoisotopic (exact) mass is 198 g/mol. The third kappa shape index (κ3) is 9.30. The van der Waals surface area contributed by atoms with E-state index in [4.69, 9.17) is 4.74 Å². The number of allylic oxidation sites excluding steroid dienone is 2. The van der Waals surface area contributed by atoms with E-state index in [0.29, 0.717) is 13.0 Å². The SMILES string of the molecule is CCC/C=C/CCCOC(=O)CCC. The lowest BCUT2D eigenvalue weighted by Crippen LogP contribution is -2.04. The van der Waals surface area contributed by atoms with Gasteiger partial charge in [0, 0.05) is 6.42 Å². The smallest absolute Gasteiger partial charge is 0.305 e. The predicted octanol–water partition coefficient (Wildman–Crippen LogP) is 3.47. The molecule has 2 heteroatoms. The van der Waals surface area contributed by atoms with E-state index in [2.05, 4.69) is 19.1 Å². The first kappa shape index (κ1) is 13.2. The van der Waals surface area contributed by atoms with Crippen molar-refractivity contribution in [2.75, 3.05) is 6.61 Å². The molecular formula is C12H22O2. The van der Waals surface area contributed by atoms with Crippen LogP contribution in [0.5, 0.6) is 0 Å². The van der Waals surface area contributed by atoms with E-state index in [1.807, 2.05) is 6.92 Å². The molecule has 0 aliphatic carbocycles. The molecule has 0 unspecified atom stereocenters. The fourth-order valence-corrected chi connectivity index (χ4v) is 1.07. The molecule has 0 atom stereocenters. The van der Waals surface area contributed by atoms with Crippen molar-refractivity contribution in [3.8, 4) is 0 Å². The van der Waals surface area contributed by atoms with Crippen molar-refractivity contribution in [3.05, 3.63) is 12.2 Å². The number of carbonyl (C=O) groups is 1. The molecular weight excluding hydrogens is 176 g/mol. The molecule has 0 aliphatic heterocycles. The van der Waals surface area contributed by atoms with E-state index in [1.54, 1.807) is 0 Å². The van der Waals surface area contributed by atoms with Gasteiger partial charge in [-0.1, -0.05) is 32.4 Å². The summed E-state index contributed by atoms with van der Waals surface area (Å²) in [6.07, 6.45) is 10.1. The number of ether oxygens (including phenoxy) is 1. The summed E-state index contributed by atoms with van der Waals surface area (Å²) in [6.45, 7) is 4.71. The number of esters is 1. The van der Waals surface area contributed by atoms with Crippen molar-refractivity contribution in [2.24, 2.45) is 0 Å². The molecule has 0 spiro atoms. The number of hydrogen-bond donors (Lipinski definition) is 0. The predicted molar refractivity (Wildman–Crippen MR) is 59.1 cm³/mol. The lowest BCUT2D eigenvalue weighted by atomic mass is 10.2. The summed E-state index contributed by atoms with van der Waals surface area (Å²) in [4.78, 5) is 10.9. The van der Waals surface area contributed by atoms with Crippen molar-refractivity contribution >= 4 is 5.97 Å². The molecule has 0 fully saturated rings. The van der Waals surface area contributed by atoms with E-state index in [1.165, 1.54) is 6.42 Å². The molecule has 0 rings (SSSR count). The summed E-state index contributed by atoms with van der Waals surface area (Å²) in [6, 6.07) is 0. The van der Waals surface area contributed by atoms with Crippen LogP contribution >= 0.6 is 0 Å². The minimum Gasteiger partial charge on any atom is -0.466 e. The van der Waals surface area contributed by atoms with Crippen LogP contribution in [-0.4, -0.2) is 12.6 Å². The van der Waals surface area contributed by atoms with Crippen molar-refractivity contribution in [3.63, 3.8) is 0 Å². The average molecular weight is 198 g/mol. The van der Waals surface area contributed by atoms with Crippen LogP contribution in [0.2, 0.25) is 0 Å². The maximum Gasteiger partial charge on any atom is 0.305 e. The quantitative estimate of drug-likeness (QED) is 0.339. The second kappa shape index (κ2) is 10.3. The summed E-state index contributed by atoms with van der Waals surface area (Å²) in [5.74, 6) is -0.0648. The largest absolute Gasteiger partial charge is 0.466 e. The van der Waals surface area contributed by atoms with E-state index >= 15 is 0 Å². The second-order valence-corrected chi connectivity index (χ2v) is 3.37. The normalized spacial score (nSPS) is 10.7. The number of carbonyl (C=O) groups excluding carboxylic acids is 1. The first-order chi connectivity index (χ1) is 6.81. The Bertz CT molecular complexity index is 162. The fraction of sp³-hybridized carbons (Fsp3) is 0.750. The Morgan fingerprint density at radius 2 is 1.86 bits per heavy atom. The molecule has 0 amide bonds. The van der Waals surface area contributed by atoms with E-state index in [0.717, 1.165) is 25.7 Å². The Hall–Kier alpha value is -0.790. The van der Waals surface area contributed by atoms with Gasteiger partial charge in [-0.3, -0.25) is 4.79 Å². The highest BCUT2D eigenvalue weighted by Crippen LogP contribution is 1.97. The van der Waals surface area contributed by atoms with Gasteiger partial charge in [-0.2, -0.15) is 0 Å². The van der Waals surface area contributed by atoms with Crippen LogP contribution in [0.4, 0.5) is 0 Å². The summed E-state index contributed by atoms with van der Waals surface area (Å²) in [5, 5.41) is 0. The molecule has 0 heterocycles. The fourth-order valence-electron chi connectivity index (χ4n) is 1.07. The molecule has 0 N–H and O–H groups in total. The Morgan fingerprint density at radius 3 is 2.50 bits per heavy atom. The zero-order valence-electron chi connectivity index (χ0n) is 9.42. The Balaban J connectivity index is 3.16. The van der Waals surface area contributed by atoms with Crippen molar-refractivity contribution in [1.29, 1.82) is 0 Å². The molecule has 14 heavy (non-hydrogen) atoms. The van der Waals surface area contributed by atoms with Gasteiger partial charge >= 0.3 is 5.97 Å². The maximum absolute atomic E-state index is 10.9. The molecule has 0 aliphatic rings. The van der Waals surface area contributed by atoms with Crippen LogP contribution in [0.25, 0.3) is 0 Å². The number of hydrogen-bond acceptors (Lipinski definition) is 2. The van der Waals surface area contributed by atoms with Gasteiger partial charge in [0.15, 0.2) is 0 Å². The van der Waals surface area contributed by atoms with Crippen LogP contribution in [0, 0.1) is 0 Å². The van der Waals surface area contributed by atoms with Gasteiger partial charge in [0.25, 0.3) is 0 Å². The standard InChI is InChI=1S/C12H22O2/c1-3-5-6-7-8-9-11-14-12(13)10-4-2/h6-7H,3-5,8-11H2,1-2H3/b7-6+. The van der Waals surface area contributed by atoms with E-state index in [9.17, 15) is 4.79 Å². The van der Waals surface area contributed by atoms with Crippen molar-refractivity contribution in [2.45, 2.75) is 52.4 Å². The first-order valence-electron chi connectivity index (χ1n) is 5.61. The maximum atomic E-state index is 10.9. The van der Waals surface area contributed by atoms with Crippen LogP contribution in [-0.2, 0) is 9.53 Å². The van der Waals surface area contributed by atoms with Gasteiger partial charge in [0.1, 0.15) is 0 Å². The van der Waals surface area contributed by atoms with E-state index < -0.39 is 0 Å². The summed E-state index contributed by atoms with van der Waals surface area (Å²) < 4.78 is 5.02. The van der Waals surface area contributed by atoms with Gasteiger partial charge in [0.2, 0.25) is 0 Å². The Morgan fingerprint density at radius 1 is 1.14 bits per heavy atom. The number of rotatable bonds is 8. The third-order valence-corrected chi connectivity index (χ3v) is 1.85.